The van der Waals surface area contributed by atoms with Gasteiger partial charge in [0.25, 0.3) is 0 Å². The first kappa shape index (κ1) is 14.1. The van der Waals surface area contributed by atoms with Gasteiger partial charge in [0, 0.05) is 16.7 Å². The molecule has 0 radical (unpaired) electrons. The highest BCUT2D eigenvalue weighted by molar-refractivity contribution is 7.99. The quantitative estimate of drug-likeness (QED) is 0.831. The molecule has 114 valence electrons. The zero-order valence-corrected chi connectivity index (χ0v) is 13.2. The molecule has 1 unspecified atom stereocenters. The molecule has 1 atom stereocenters. The molecule has 0 spiro atoms. The minimum Gasteiger partial charge on any atom is -0.326 e. The molecule has 4 fully saturated rings. The Kier molecular flexibility index (Phi) is 3.54. The second-order valence-electron chi connectivity index (χ2n) is 7.63. The number of hydrogen-bond acceptors (Lipinski definition) is 2. The fourth-order valence-electron chi connectivity index (χ4n) is 5.55. The van der Waals surface area contributed by atoms with E-state index in [1.54, 1.807) is 23.9 Å². The molecule has 0 saturated heterocycles. The third kappa shape index (κ3) is 2.53. The van der Waals surface area contributed by atoms with E-state index in [-0.39, 0.29) is 11.9 Å². The Hall–Kier alpha value is -0.540. The smallest absolute Gasteiger partial charge is 0.136 e. The van der Waals surface area contributed by atoms with Crippen molar-refractivity contribution in [2.24, 2.45) is 28.9 Å². The maximum Gasteiger partial charge on any atom is 0.136 e. The van der Waals surface area contributed by atoms with Gasteiger partial charge in [-0.3, -0.25) is 0 Å². The van der Waals surface area contributed by atoms with E-state index < -0.39 is 0 Å². The molecule has 1 aromatic carbocycles. The average molecular weight is 305 g/mol. The molecule has 0 amide bonds. The van der Waals surface area contributed by atoms with E-state index in [1.807, 2.05) is 12.1 Å². The first-order chi connectivity index (χ1) is 10.1. The summed E-state index contributed by atoms with van der Waals surface area (Å²) in [6.45, 7) is 0. The zero-order valence-electron chi connectivity index (χ0n) is 12.4. The molecule has 1 nitrogen and oxygen atoms in total. The Morgan fingerprint density at radius 3 is 2.24 bits per heavy atom. The molecular weight excluding hydrogens is 281 g/mol. The topological polar surface area (TPSA) is 26.0 Å². The second kappa shape index (κ2) is 5.27. The van der Waals surface area contributed by atoms with E-state index in [1.165, 1.54) is 38.5 Å². The Bertz CT molecular complexity index is 494. The lowest BCUT2D eigenvalue weighted by atomic mass is 9.48. The van der Waals surface area contributed by atoms with Gasteiger partial charge in [-0.05, 0) is 73.8 Å². The normalized spacial score (nSPS) is 38.7. The number of rotatable bonds is 4. The molecule has 4 bridgehead atoms. The van der Waals surface area contributed by atoms with Crippen molar-refractivity contribution in [1.29, 1.82) is 0 Å². The molecule has 4 aliphatic rings. The fourth-order valence-corrected chi connectivity index (χ4v) is 6.64. The zero-order chi connectivity index (χ0) is 14.4. The SMILES string of the molecule is NC(CSc1ccccc1F)C12CC3CC(CC(C3)C1)C2. The van der Waals surface area contributed by atoms with Crippen LogP contribution in [0, 0.1) is 29.0 Å². The molecule has 5 rings (SSSR count). The van der Waals surface area contributed by atoms with Gasteiger partial charge in [-0.2, -0.15) is 0 Å². The van der Waals surface area contributed by atoms with Crippen molar-refractivity contribution >= 4 is 11.8 Å². The number of thioether (sulfide) groups is 1. The fraction of sp³-hybridized carbons (Fsp3) is 0.667. The Morgan fingerprint density at radius 2 is 1.67 bits per heavy atom. The van der Waals surface area contributed by atoms with E-state index >= 15 is 0 Å². The molecule has 0 aromatic heterocycles. The van der Waals surface area contributed by atoms with Crippen molar-refractivity contribution in [1.82, 2.24) is 0 Å². The van der Waals surface area contributed by atoms with Gasteiger partial charge in [-0.25, -0.2) is 4.39 Å². The van der Waals surface area contributed by atoms with Crippen molar-refractivity contribution in [2.45, 2.75) is 49.5 Å². The molecule has 0 heterocycles. The van der Waals surface area contributed by atoms with E-state index in [9.17, 15) is 4.39 Å². The summed E-state index contributed by atoms with van der Waals surface area (Å²) in [5.41, 5.74) is 7.00. The summed E-state index contributed by atoms with van der Waals surface area (Å²) in [5.74, 6) is 3.54. The van der Waals surface area contributed by atoms with Crippen molar-refractivity contribution in [3.05, 3.63) is 30.1 Å². The highest BCUT2D eigenvalue weighted by atomic mass is 32.2. The lowest BCUT2D eigenvalue weighted by Gasteiger charge is -2.59. The van der Waals surface area contributed by atoms with Gasteiger partial charge in [0.15, 0.2) is 0 Å². The first-order valence-corrected chi connectivity index (χ1v) is 9.26. The van der Waals surface area contributed by atoms with Gasteiger partial charge >= 0.3 is 0 Å². The van der Waals surface area contributed by atoms with Gasteiger partial charge < -0.3 is 5.73 Å². The number of benzene rings is 1. The monoisotopic (exact) mass is 305 g/mol. The first-order valence-electron chi connectivity index (χ1n) is 8.27. The average Bonchev–Trinajstić information content (AvgIpc) is 2.44. The van der Waals surface area contributed by atoms with Crippen LogP contribution < -0.4 is 5.73 Å². The van der Waals surface area contributed by atoms with Crippen LogP contribution in [0.3, 0.4) is 0 Å². The molecule has 1 aromatic rings. The summed E-state index contributed by atoms with van der Waals surface area (Å²) in [7, 11) is 0. The largest absolute Gasteiger partial charge is 0.326 e. The predicted octanol–water partition coefficient (Wildman–Crippen LogP) is 4.46. The van der Waals surface area contributed by atoms with Crippen molar-refractivity contribution in [3.63, 3.8) is 0 Å². The second-order valence-corrected chi connectivity index (χ2v) is 8.69. The van der Waals surface area contributed by atoms with E-state index in [2.05, 4.69) is 0 Å². The summed E-state index contributed by atoms with van der Waals surface area (Å²) >= 11 is 1.60. The molecular formula is C18H24FNS. The molecule has 21 heavy (non-hydrogen) atoms. The van der Waals surface area contributed by atoms with Crippen LogP contribution >= 0.6 is 11.8 Å². The third-order valence-corrected chi connectivity index (χ3v) is 7.30. The van der Waals surface area contributed by atoms with Crippen LogP contribution in [0.1, 0.15) is 38.5 Å². The van der Waals surface area contributed by atoms with Gasteiger partial charge in [0.1, 0.15) is 5.82 Å². The maximum absolute atomic E-state index is 13.7. The predicted molar refractivity (Wildman–Crippen MR) is 85.7 cm³/mol. The molecule has 4 saturated carbocycles. The lowest BCUT2D eigenvalue weighted by molar-refractivity contribution is -0.0629. The van der Waals surface area contributed by atoms with Crippen molar-refractivity contribution in [3.8, 4) is 0 Å². The number of nitrogens with two attached hydrogens (primary N) is 1. The summed E-state index contributed by atoms with van der Waals surface area (Å²) in [6, 6.07) is 7.28. The van der Waals surface area contributed by atoms with E-state index in [0.29, 0.717) is 5.41 Å². The van der Waals surface area contributed by atoms with Crippen LogP contribution in [0.25, 0.3) is 0 Å². The summed E-state index contributed by atoms with van der Waals surface area (Å²) < 4.78 is 13.7. The van der Waals surface area contributed by atoms with Gasteiger partial charge in [-0.1, -0.05) is 12.1 Å². The van der Waals surface area contributed by atoms with Crippen LogP contribution in [0.15, 0.2) is 29.2 Å². The summed E-state index contributed by atoms with van der Waals surface area (Å²) in [6.07, 6.45) is 8.35. The summed E-state index contributed by atoms with van der Waals surface area (Å²) in [4.78, 5) is 0.748. The van der Waals surface area contributed by atoms with Crippen LogP contribution in [-0.2, 0) is 0 Å². The van der Waals surface area contributed by atoms with Crippen molar-refractivity contribution in [2.75, 3.05) is 5.75 Å². The van der Waals surface area contributed by atoms with Gasteiger partial charge in [0.05, 0.1) is 0 Å². The lowest BCUT2D eigenvalue weighted by Crippen LogP contribution is -2.55. The molecule has 3 heteroatoms. The van der Waals surface area contributed by atoms with Crippen LogP contribution in [-0.4, -0.2) is 11.8 Å². The molecule has 2 N–H and O–H groups in total. The minimum atomic E-state index is -0.111. The van der Waals surface area contributed by atoms with Crippen LogP contribution in [0.2, 0.25) is 0 Å². The standard InChI is InChI=1S/C18H24FNS/c19-15-3-1-2-4-16(15)21-11-17(20)18-8-12-5-13(9-18)7-14(6-12)10-18/h1-4,12-14,17H,5-11,20H2. The maximum atomic E-state index is 13.7. The number of halogens is 1. The van der Waals surface area contributed by atoms with Crippen LogP contribution in [0.4, 0.5) is 4.39 Å². The van der Waals surface area contributed by atoms with Gasteiger partial charge in [-0.15, -0.1) is 11.8 Å². The van der Waals surface area contributed by atoms with Gasteiger partial charge in [0.2, 0.25) is 0 Å². The highest BCUT2D eigenvalue weighted by Gasteiger charge is 2.53. The number of hydrogen-bond donors (Lipinski definition) is 1. The highest BCUT2D eigenvalue weighted by Crippen LogP contribution is 2.61. The third-order valence-electron chi connectivity index (χ3n) is 6.13. The molecule has 0 aliphatic heterocycles. The van der Waals surface area contributed by atoms with E-state index in [4.69, 9.17) is 5.73 Å². The Labute approximate surface area is 130 Å². The van der Waals surface area contributed by atoms with E-state index in [0.717, 1.165) is 28.4 Å². The Balaban J connectivity index is 1.45. The van der Waals surface area contributed by atoms with Crippen molar-refractivity contribution < 1.29 is 4.39 Å². The minimum absolute atomic E-state index is 0.111. The molecule has 4 aliphatic carbocycles. The summed E-state index contributed by atoms with van der Waals surface area (Å²) in [5, 5.41) is 0. The van der Waals surface area contributed by atoms with Crippen LogP contribution in [0.5, 0.6) is 0 Å². The Morgan fingerprint density at radius 1 is 1.10 bits per heavy atom.